The van der Waals surface area contributed by atoms with Crippen molar-refractivity contribution in [3.63, 3.8) is 0 Å². The van der Waals surface area contributed by atoms with Gasteiger partial charge in [-0.15, -0.1) is 0 Å². The smallest absolute Gasteiger partial charge is 0.228 e. The van der Waals surface area contributed by atoms with Crippen LogP contribution in [0.15, 0.2) is 30.3 Å². The second-order valence-electron chi connectivity index (χ2n) is 4.52. The van der Waals surface area contributed by atoms with Crippen LogP contribution < -0.4 is 5.32 Å². The highest BCUT2D eigenvalue weighted by atomic mass is 16.1. The Morgan fingerprint density at radius 2 is 2.00 bits per heavy atom. The van der Waals surface area contributed by atoms with Gasteiger partial charge in [-0.3, -0.25) is 4.79 Å². The number of aryl methyl sites for hydroxylation is 2. The monoisotopic (exact) mass is 253 g/mol. The normalized spacial score (nSPS) is 9.95. The van der Waals surface area contributed by atoms with Crippen molar-refractivity contribution in [3.05, 3.63) is 52.8 Å². The Bertz CT molecular complexity index is 632. The number of aromatic amines is 1. The summed E-state index contributed by atoms with van der Waals surface area (Å²) in [5.41, 5.74) is 4.36. The van der Waals surface area contributed by atoms with Crippen LogP contribution in [0.25, 0.3) is 0 Å². The summed E-state index contributed by atoms with van der Waals surface area (Å²) in [6.45, 7) is 3.92. The van der Waals surface area contributed by atoms with Gasteiger partial charge in [0.1, 0.15) is 0 Å². The van der Waals surface area contributed by atoms with E-state index in [1.807, 2.05) is 26.0 Å². The van der Waals surface area contributed by atoms with E-state index in [0.717, 1.165) is 17.0 Å². The molecule has 0 aliphatic heterocycles. The molecule has 19 heavy (non-hydrogen) atoms. The first-order valence-electron chi connectivity index (χ1n) is 6.03. The number of H-pyrrole nitrogens is 1. The van der Waals surface area contributed by atoms with Gasteiger partial charge in [-0.25, -0.2) is 0 Å². The number of hydrogen-bond donors (Lipinski definition) is 2. The minimum Gasteiger partial charge on any atom is -0.362 e. The lowest BCUT2D eigenvalue weighted by molar-refractivity contribution is -0.115. The van der Waals surface area contributed by atoms with Crippen LogP contribution in [-0.4, -0.2) is 10.9 Å². The highest BCUT2D eigenvalue weighted by molar-refractivity contribution is 5.92. The van der Waals surface area contributed by atoms with Gasteiger partial charge in [-0.05, 0) is 49.7 Å². The van der Waals surface area contributed by atoms with E-state index in [1.165, 1.54) is 0 Å². The topological polar surface area (TPSA) is 68.7 Å². The van der Waals surface area contributed by atoms with Gasteiger partial charge < -0.3 is 10.3 Å². The summed E-state index contributed by atoms with van der Waals surface area (Å²) in [4.78, 5) is 15.1. The minimum absolute atomic E-state index is 0.0631. The van der Waals surface area contributed by atoms with E-state index in [-0.39, 0.29) is 5.91 Å². The van der Waals surface area contributed by atoms with E-state index < -0.39 is 0 Å². The fraction of sp³-hybridized carbons (Fsp3) is 0.200. The number of benzene rings is 1. The quantitative estimate of drug-likeness (QED) is 0.883. The zero-order valence-electron chi connectivity index (χ0n) is 10.9. The van der Waals surface area contributed by atoms with Crippen LogP contribution in [0.1, 0.15) is 22.5 Å². The van der Waals surface area contributed by atoms with Crippen molar-refractivity contribution in [2.45, 2.75) is 20.3 Å². The summed E-state index contributed by atoms with van der Waals surface area (Å²) in [7, 11) is 0. The first-order chi connectivity index (χ1) is 9.08. The van der Waals surface area contributed by atoms with Crippen LogP contribution in [-0.2, 0) is 11.2 Å². The zero-order valence-corrected chi connectivity index (χ0v) is 10.9. The predicted octanol–water partition coefficient (Wildman–Crippen LogP) is 2.68. The average molecular weight is 253 g/mol. The van der Waals surface area contributed by atoms with Gasteiger partial charge in [-0.1, -0.05) is 0 Å². The zero-order chi connectivity index (χ0) is 13.8. The Hall–Kier alpha value is -2.54. The van der Waals surface area contributed by atoms with Crippen molar-refractivity contribution in [2.75, 3.05) is 5.32 Å². The first kappa shape index (κ1) is 12.9. The highest BCUT2D eigenvalue weighted by Crippen LogP contribution is 2.13. The van der Waals surface area contributed by atoms with Crippen LogP contribution in [0.3, 0.4) is 0 Å². The van der Waals surface area contributed by atoms with Crippen molar-refractivity contribution in [2.24, 2.45) is 0 Å². The number of carbonyl (C=O) groups is 1. The van der Waals surface area contributed by atoms with Gasteiger partial charge >= 0.3 is 0 Å². The molecular weight excluding hydrogens is 238 g/mol. The third kappa shape index (κ3) is 3.23. The summed E-state index contributed by atoms with van der Waals surface area (Å²) < 4.78 is 0. The number of rotatable bonds is 3. The number of hydrogen-bond acceptors (Lipinski definition) is 2. The summed E-state index contributed by atoms with van der Waals surface area (Å²) in [6, 6.07) is 10.8. The van der Waals surface area contributed by atoms with Crippen LogP contribution in [0.2, 0.25) is 0 Å². The lowest BCUT2D eigenvalue weighted by Gasteiger charge is -2.05. The molecule has 0 saturated carbocycles. The Labute approximate surface area is 112 Å². The number of anilines is 1. The Morgan fingerprint density at radius 1 is 1.32 bits per heavy atom. The van der Waals surface area contributed by atoms with E-state index in [4.69, 9.17) is 5.26 Å². The first-order valence-corrected chi connectivity index (χ1v) is 6.03. The Morgan fingerprint density at radius 3 is 2.53 bits per heavy atom. The number of nitriles is 1. The molecule has 0 unspecified atom stereocenters. The number of nitrogens with zero attached hydrogens (tertiary/aromatic N) is 1. The van der Waals surface area contributed by atoms with Crippen molar-refractivity contribution in [3.8, 4) is 6.07 Å². The molecule has 4 nitrogen and oxygen atoms in total. The molecule has 0 bridgehead atoms. The maximum atomic E-state index is 11.9. The van der Waals surface area contributed by atoms with Gasteiger partial charge in [0, 0.05) is 17.1 Å². The van der Waals surface area contributed by atoms with E-state index >= 15 is 0 Å². The second-order valence-corrected chi connectivity index (χ2v) is 4.52. The maximum absolute atomic E-state index is 11.9. The van der Waals surface area contributed by atoms with Crippen molar-refractivity contribution >= 4 is 11.6 Å². The molecule has 0 aliphatic carbocycles. The van der Waals surface area contributed by atoms with E-state index in [1.54, 1.807) is 24.3 Å². The van der Waals surface area contributed by atoms with Gasteiger partial charge in [0.2, 0.25) is 5.91 Å². The molecule has 96 valence electrons. The molecule has 1 aromatic heterocycles. The SMILES string of the molecule is Cc1cc(CC(=O)Nc2ccc(C#N)cc2)c(C)[nH]1. The third-order valence-electron chi connectivity index (χ3n) is 2.91. The summed E-state index contributed by atoms with van der Waals surface area (Å²) in [5.74, 6) is -0.0631. The molecular formula is C15H15N3O. The fourth-order valence-corrected chi connectivity index (χ4v) is 1.97. The Balaban J connectivity index is 2.01. The van der Waals surface area contributed by atoms with Crippen LogP contribution in [0.4, 0.5) is 5.69 Å². The van der Waals surface area contributed by atoms with Gasteiger partial charge in [0.25, 0.3) is 0 Å². The largest absolute Gasteiger partial charge is 0.362 e. The highest BCUT2D eigenvalue weighted by Gasteiger charge is 2.08. The van der Waals surface area contributed by atoms with E-state index in [9.17, 15) is 4.79 Å². The van der Waals surface area contributed by atoms with Crippen LogP contribution >= 0.6 is 0 Å². The average Bonchev–Trinajstić information content (AvgIpc) is 2.68. The van der Waals surface area contributed by atoms with Crippen molar-refractivity contribution in [1.82, 2.24) is 4.98 Å². The van der Waals surface area contributed by atoms with Crippen molar-refractivity contribution in [1.29, 1.82) is 5.26 Å². The predicted molar refractivity (Wildman–Crippen MR) is 73.8 cm³/mol. The number of amides is 1. The maximum Gasteiger partial charge on any atom is 0.228 e. The van der Waals surface area contributed by atoms with E-state index in [2.05, 4.69) is 10.3 Å². The molecule has 2 rings (SSSR count). The molecule has 4 heteroatoms. The lowest BCUT2D eigenvalue weighted by Crippen LogP contribution is -2.14. The number of carbonyl (C=O) groups excluding carboxylic acids is 1. The molecule has 0 spiro atoms. The molecule has 1 heterocycles. The molecule has 2 aromatic rings. The van der Waals surface area contributed by atoms with Gasteiger partial charge in [0.15, 0.2) is 0 Å². The van der Waals surface area contributed by atoms with Crippen LogP contribution in [0, 0.1) is 25.2 Å². The minimum atomic E-state index is -0.0631. The molecule has 0 radical (unpaired) electrons. The third-order valence-corrected chi connectivity index (χ3v) is 2.91. The number of aromatic nitrogens is 1. The molecule has 2 N–H and O–H groups in total. The number of nitrogens with one attached hydrogen (secondary N) is 2. The second kappa shape index (κ2) is 5.40. The Kier molecular flexibility index (Phi) is 3.67. The van der Waals surface area contributed by atoms with E-state index in [0.29, 0.717) is 17.7 Å². The van der Waals surface area contributed by atoms with Gasteiger partial charge in [-0.2, -0.15) is 5.26 Å². The van der Waals surface area contributed by atoms with Crippen molar-refractivity contribution < 1.29 is 4.79 Å². The van der Waals surface area contributed by atoms with Crippen LogP contribution in [0.5, 0.6) is 0 Å². The summed E-state index contributed by atoms with van der Waals surface area (Å²) in [6.07, 6.45) is 0.343. The molecule has 0 aliphatic rings. The lowest BCUT2D eigenvalue weighted by atomic mass is 10.1. The summed E-state index contributed by atoms with van der Waals surface area (Å²) in [5, 5.41) is 11.5. The molecule has 0 saturated heterocycles. The molecule has 0 fully saturated rings. The molecule has 0 atom stereocenters. The van der Waals surface area contributed by atoms with Gasteiger partial charge in [0.05, 0.1) is 18.1 Å². The fourth-order valence-electron chi connectivity index (χ4n) is 1.97. The molecule has 1 aromatic carbocycles. The molecule has 1 amide bonds. The standard InChI is InChI=1S/C15H15N3O/c1-10-7-13(11(2)17-10)8-15(19)18-14-5-3-12(9-16)4-6-14/h3-7,17H,8H2,1-2H3,(H,18,19). The summed E-state index contributed by atoms with van der Waals surface area (Å²) >= 11 is 0.